The average molecular weight is 768 g/mol. The monoisotopic (exact) mass is 768 g/mol. The standard InChI is InChI=1S/C31H46.C26H23N/c1-5-7-9-11-13-15-21-31(22-16-14-12-10-8-6-2)29-23-25(3)17-19-27(29)28-20-18-26(4)24-30(28)31;1-20-13-14-21(2)26(19-20)22-15-17-25(18-16-22)27(23-9-5-3-6-10-23)24-11-7-4-8-12-24/h17-20,23-24H,5-16,21-22H2,1-4H3;3-19H,1-2H3. The van der Waals surface area contributed by atoms with Crippen LogP contribution in [0.25, 0.3) is 22.3 Å². The van der Waals surface area contributed by atoms with E-state index in [2.05, 4.69) is 186 Å². The zero-order chi connectivity index (χ0) is 40.7. The summed E-state index contributed by atoms with van der Waals surface area (Å²) in [5.41, 5.74) is 18.0. The second-order valence-corrected chi connectivity index (χ2v) is 17.1. The lowest BCUT2D eigenvalue weighted by Crippen LogP contribution is -2.25. The first kappa shape index (κ1) is 42.7. The molecule has 6 aromatic carbocycles. The lowest BCUT2D eigenvalue weighted by Gasteiger charge is -2.33. The molecule has 0 radical (unpaired) electrons. The summed E-state index contributed by atoms with van der Waals surface area (Å²) in [5.74, 6) is 0. The van der Waals surface area contributed by atoms with Crippen molar-refractivity contribution in [3.8, 4) is 22.3 Å². The minimum atomic E-state index is 0.234. The number of nitrogens with zero attached hydrogens (tertiary/aromatic N) is 1. The molecule has 1 aliphatic carbocycles. The van der Waals surface area contributed by atoms with Gasteiger partial charge in [0.1, 0.15) is 0 Å². The Balaban J connectivity index is 0.000000197. The Morgan fingerprint density at radius 1 is 0.379 bits per heavy atom. The summed E-state index contributed by atoms with van der Waals surface area (Å²) in [7, 11) is 0. The van der Waals surface area contributed by atoms with Crippen molar-refractivity contribution in [3.63, 3.8) is 0 Å². The minimum Gasteiger partial charge on any atom is -0.311 e. The highest BCUT2D eigenvalue weighted by Gasteiger charge is 2.42. The van der Waals surface area contributed by atoms with E-state index in [0.717, 1.165) is 17.1 Å². The number of hydrogen-bond donors (Lipinski definition) is 0. The van der Waals surface area contributed by atoms with Crippen molar-refractivity contribution >= 4 is 17.1 Å². The second kappa shape index (κ2) is 21.2. The van der Waals surface area contributed by atoms with Crippen LogP contribution in [0.1, 0.15) is 137 Å². The average Bonchev–Trinajstić information content (AvgIpc) is 3.50. The summed E-state index contributed by atoms with van der Waals surface area (Å²) < 4.78 is 0. The van der Waals surface area contributed by atoms with Gasteiger partial charge < -0.3 is 4.90 Å². The van der Waals surface area contributed by atoms with E-state index < -0.39 is 0 Å². The lowest BCUT2D eigenvalue weighted by molar-refractivity contribution is 0.397. The third-order valence-electron chi connectivity index (χ3n) is 12.4. The van der Waals surface area contributed by atoms with Gasteiger partial charge in [-0.3, -0.25) is 0 Å². The predicted molar refractivity (Wildman–Crippen MR) is 254 cm³/mol. The highest BCUT2D eigenvalue weighted by Crippen LogP contribution is 2.54. The molecule has 0 spiro atoms. The van der Waals surface area contributed by atoms with Gasteiger partial charge in [0.25, 0.3) is 0 Å². The van der Waals surface area contributed by atoms with Crippen LogP contribution in [0.2, 0.25) is 0 Å². The quantitative estimate of drug-likeness (QED) is 0.0787. The molecule has 0 amide bonds. The van der Waals surface area contributed by atoms with Gasteiger partial charge in [-0.25, -0.2) is 0 Å². The SMILES string of the molecule is CCCCCCCCC1(CCCCCCCC)c2cc(C)ccc2-c2ccc(C)cc21.Cc1ccc(C)c(-c2ccc(N(c3ccccc3)c3ccccc3)cc2)c1. The molecular formula is C57H69N. The number of para-hydroxylation sites is 2. The van der Waals surface area contributed by atoms with Gasteiger partial charge in [-0.05, 0) is 116 Å². The van der Waals surface area contributed by atoms with Crippen LogP contribution >= 0.6 is 0 Å². The molecule has 0 heterocycles. The Kier molecular flexibility index (Phi) is 15.6. The minimum absolute atomic E-state index is 0.234. The van der Waals surface area contributed by atoms with Gasteiger partial charge in [0.2, 0.25) is 0 Å². The van der Waals surface area contributed by atoms with E-state index in [0.29, 0.717) is 0 Å². The highest BCUT2D eigenvalue weighted by molar-refractivity contribution is 5.82. The first-order valence-corrected chi connectivity index (χ1v) is 22.6. The van der Waals surface area contributed by atoms with Crippen molar-refractivity contribution in [2.24, 2.45) is 0 Å². The summed E-state index contributed by atoms with van der Waals surface area (Å²) in [4.78, 5) is 2.28. The third-order valence-corrected chi connectivity index (χ3v) is 12.4. The van der Waals surface area contributed by atoms with E-state index in [1.807, 2.05) is 0 Å². The van der Waals surface area contributed by atoms with Crippen LogP contribution in [0, 0.1) is 27.7 Å². The summed E-state index contributed by atoms with van der Waals surface area (Å²) in [6.07, 6.45) is 19.2. The molecule has 0 saturated heterocycles. The van der Waals surface area contributed by atoms with Crippen LogP contribution in [-0.2, 0) is 5.41 Å². The number of unbranched alkanes of at least 4 members (excludes halogenated alkanes) is 10. The van der Waals surface area contributed by atoms with Gasteiger partial charge in [-0.2, -0.15) is 0 Å². The van der Waals surface area contributed by atoms with Gasteiger partial charge in [0.15, 0.2) is 0 Å². The Hall–Kier alpha value is -4.88. The molecule has 1 heteroatoms. The van der Waals surface area contributed by atoms with Crippen molar-refractivity contribution in [1.82, 2.24) is 0 Å². The number of fused-ring (bicyclic) bond motifs is 3. The molecule has 1 aliphatic rings. The smallest absolute Gasteiger partial charge is 0.0462 e. The van der Waals surface area contributed by atoms with Gasteiger partial charge in [-0.15, -0.1) is 0 Å². The third kappa shape index (κ3) is 10.6. The van der Waals surface area contributed by atoms with Crippen molar-refractivity contribution in [2.75, 3.05) is 4.90 Å². The molecular weight excluding hydrogens is 699 g/mol. The Morgan fingerprint density at radius 3 is 1.28 bits per heavy atom. The number of rotatable bonds is 18. The van der Waals surface area contributed by atoms with Crippen molar-refractivity contribution in [2.45, 2.75) is 137 Å². The van der Waals surface area contributed by atoms with Gasteiger partial charge >= 0.3 is 0 Å². The van der Waals surface area contributed by atoms with E-state index >= 15 is 0 Å². The molecule has 0 saturated carbocycles. The van der Waals surface area contributed by atoms with E-state index in [1.165, 1.54) is 134 Å². The fraction of sp³-hybridized carbons (Fsp3) is 0.368. The summed E-state index contributed by atoms with van der Waals surface area (Å²) in [6.45, 7) is 13.5. The van der Waals surface area contributed by atoms with Crippen molar-refractivity contribution in [1.29, 1.82) is 0 Å². The van der Waals surface area contributed by atoms with E-state index in [-0.39, 0.29) is 5.41 Å². The summed E-state index contributed by atoms with van der Waals surface area (Å²) in [6, 6.07) is 51.0. The van der Waals surface area contributed by atoms with E-state index in [1.54, 1.807) is 11.1 Å². The molecule has 302 valence electrons. The fourth-order valence-corrected chi connectivity index (χ4v) is 9.24. The van der Waals surface area contributed by atoms with E-state index in [9.17, 15) is 0 Å². The summed E-state index contributed by atoms with van der Waals surface area (Å²) in [5, 5.41) is 0. The molecule has 0 bridgehead atoms. The maximum Gasteiger partial charge on any atom is 0.0462 e. The number of hydrogen-bond acceptors (Lipinski definition) is 1. The summed E-state index contributed by atoms with van der Waals surface area (Å²) >= 11 is 0. The number of benzene rings is 6. The molecule has 0 fully saturated rings. The van der Waals surface area contributed by atoms with Gasteiger partial charge in [0, 0.05) is 22.5 Å². The Labute approximate surface area is 352 Å². The van der Waals surface area contributed by atoms with Crippen LogP contribution in [0.3, 0.4) is 0 Å². The maximum absolute atomic E-state index is 2.53. The van der Waals surface area contributed by atoms with Crippen LogP contribution < -0.4 is 4.90 Å². The molecule has 1 nitrogen and oxygen atoms in total. The van der Waals surface area contributed by atoms with E-state index in [4.69, 9.17) is 0 Å². The maximum atomic E-state index is 2.53. The Morgan fingerprint density at radius 2 is 0.793 bits per heavy atom. The lowest BCUT2D eigenvalue weighted by atomic mass is 9.70. The highest BCUT2D eigenvalue weighted by atomic mass is 15.1. The molecule has 58 heavy (non-hydrogen) atoms. The Bertz CT molecular complexity index is 2030. The predicted octanol–water partition coefficient (Wildman–Crippen LogP) is 17.5. The van der Waals surface area contributed by atoms with Crippen molar-refractivity contribution in [3.05, 3.63) is 173 Å². The van der Waals surface area contributed by atoms with Gasteiger partial charge in [-0.1, -0.05) is 211 Å². The molecule has 0 N–H and O–H groups in total. The normalized spacial score (nSPS) is 12.4. The number of aryl methyl sites for hydroxylation is 4. The number of anilines is 3. The first-order chi connectivity index (χ1) is 28.3. The fourth-order valence-electron chi connectivity index (χ4n) is 9.24. The van der Waals surface area contributed by atoms with Crippen LogP contribution in [0.4, 0.5) is 17.1 Å². The molecule has 0 aliphatic heterocycles. The molecule has 0 aromatic heterocycles. The zero-order valence-corrected chi connectivity index (χ0v) is 36.6. The van der Waals surface area contributed by atoms with Crippen LogP contribution in [0.5, 0.6) is 0 Å². The van der Waals surface area contributed by atoms with Crippen LogP contribution in [-0.4, -0.2) is 0 Å². The van der Waals surface area contributed by atoms with Crippen LogP contribution in [0.15, 0.2) is 140 Å². The molecule has 0 atom stereocenters. The molecule has 6 aromatic rings. The topological polar surface area (TPSA) is 3.24 Å². The van der Waals surface area contributed by atoms with Gasteiger partial charge in [0.05, 0.1) is 0 Å². The first-order valence-electron chi connectivity index (χ1n) is 22.6. The zero-order valence-electron chi connectivity index (χ0n) is 36.6. The molecule has 0 unspecified atom stereocenters. The van der Waals surface area contributed by atoms with Crippen molar-refractivity contribution < 1.29 is 0 Å². The largest absolute Gasteiger partial charge is 0.311 e. The second-order valence-electron chi connectivity index (χ2n) is 17.1. The molecule has 7 rings (SSSR count).